The Morgan fingerprint density at radius 1 is 1.43 bits per heavy atom. The second-order valence-electron chi connectivity index (χ2n) is 5.54. The molecule has 0 radical (unpaired) electrons. The van der Waals surface area contributed by atoms with E-state index in [2.05, 4.69) is 21.8 Å². The summed E-state index contributed by atoms with van der Waals surface area (Å²) in [4.78, 5) is 12.6. The van der Waals surface area contributed by atoms with Crippen molar-refractivity contribution in [2.24, 2.45) is 7.05 Å². The first-order valence-corrected chi connectivity index (χ1v) is 7.98. The fourth-order valence-electron chi connectivity index (χ4n) is 2.63. The van der Waals surface area contributed by atoms with Crippen molar-refractivity contribution in [1.29, 1.82) is 0 Å². The molecule has 6 heteroatoms. The van der Waals surface area contributed by atoms with Gasteiger partial charge >= 0.3 is 0 Å². The van der Waals surface area contributed by atoms with Crippen molar-refractivity contribution in [3.05, 3.63) is 52.7 Å². The van der Waals surface area contributed by atoms with E-state index in [9.17, 15) is 4.79 Å². The lowest BCUT2D eigenvalue weighted by Crippen LogP contribution is -2.29. The van der Waals surface area contributed by atoms with E-state index in [1.807, 2.05) is 18.2 Å². The van der Waals surface area contributed by atoms with Crippen LogP contribution in [0.5, 0.6) is 0 Å². The number of rotatable bonds is 4. The highest BCUT2D eigenvalue weighted by Gasteiger charge is 2.19. The lowest BCUT2D eigenvalue weighted by atomic mass is 10.1. The third kappa shape index (κ3) is 3.63. The minimum Gasteiger partial charge on any atom is -0.348 e. The van der Waals surface area contributed by atoms with E-state index in [1.54, 1.807) is 24.0 Å². The van der Waals surface area contributed by atoms with Gasteiger partial charge in [-0.1, -0.05) is 41.4 Å². The van der Waals surface area contributed by atoms with Gasteiger partial charge in [0.2, 0.25) is 0 Å². The van der Waals surface area contributed by atoms with Crippen LogP contribution in [-0.2, 0) is 7.05 Å². The third-order valence-corrected chi connectivity index (χ3v) is 4.17. The van der Waals surface area contributed by atoms with Gasteiger partial charge in [0.05, 0.1) is 10.6 Å². The Bertz CT molecular complexity index is 751. The molecule has 0 atom stereocenters. The highest BCUT2D eigenvalue weighted by atomic mass is 35.5. The summed E-state index contributed by atoms with van der Waals surface area (Å²) in [5.41, 5.74) is 3.16. The van der Waals surface area contributed by atoms with Crippen molar-refractivity contribution < 1.29 is 4.79 Å². The number of aromatic nitrogens is 2. The number of hydrogen-bond donors (Lipinski definition) is 2. The zero-order valence-electron chi connectivity index (χ0n) is 13.0. The Morgan fingerprint density at radius 2 is 2.26 bits per heavy atom. The van der Waals surface area contributed by atoms with Gasteiger partial charge in [0.1, 0.15) is 5.69 Å². The summed E-state index contributed by atoms with van der Waals surface area (Å²) in [5, 5.41) is 11.2. The van der Waals surface area contributed by atoms with Gasteiger partial charge in [-0.15, -0.1) is 0 Å². The van der Waals surface area contributed by atoms with Gasteiger partial charge in [-0.25, -0.2) is 0 Å². The van der Waals surface area contributed by atoms with Crippen LogP contribution in [0.25, 0.3) is 11.3 Å². The maximum atomic E-state index is 12.6. The molecule has 1 aliphatic rings. The van der Waals surface area contributed by atoms with Crippen molar-refractivity contribution >= 4 is 17.5 Å². The normalized spacial score (nSPS) is 14.4. The van der Waals surface area contributed by atoms with Crippen LogP contribution in [0.2, 0.25) is 5.02 Å². The molecule has 0 spiro atoms. The average molecular weight is 331 g/mol. The van der Waals surface area contributed by atoms with Crippen LogP contribution in [-0.4, -0.2) is 35.3 Å². The molecule has 0 fully saturated rings. The highest BCUT2D eigenvalue weighted by molar-refractivity contribution is 6.33. The summed E-state index contributed by atoms with van der Waals surface area (Å²) in [6, 6.07) is 7.42. The van der Waals surface area contributed by atoms with E-state index in [-0.39, 0.29) is 5.91 Å². The third-order valence-electron chi connectivity index (χ3n) is 3.84. The minimum atomic E-state index is -0.132. The van der Waals surface area contributed by atoms with Crippen LogP contribution >= 0.6 is 11.6 Å². The highest BCUT2D eigenvalue weighted by Crippen LogP contribution is 2.28. The van der Waals surface area contributed by atoms with E-state index in [0.29, 0.717) is 22.8 Å². The Balaban J connectivity index is 1.81. The standard InChI is InChI=1S/C17H19ClN4O/c1-22-11-14(16(21-22)13-4-2-3-5-15(13)18)17(23)20-10-12-6-8-19-9-7-12/h2-6,11,19H,7-10H2,1H3,(H,20,23). The van der Waals surface area contributed by atoms with Crippen LogP contribution in [0.1, 0.15) is 16.8 Å². The first kappa shape index (κ1) is 15.8. The predicted octanol–water partition coefficient (Wildman–Crippen LogP) is 2.39. The largest absolute Gasteiger partial charge is 0.348 e. The SMILES string of the molecule is Cn1cc(C(=O)NCC2=CCNCC2)c(-c2ccccc2Cl)n1. The fourth-order valence-corrected chi connectivity index (χ4v) is 2.85. The van der Waals surface area contributed by atoms with Crippen LogP contribution in [0.4, 0.5) is 0 Å². The Morgan fingerprint density at radius 3 is 3.00 bits per heavy atom. The molecule has 1 aromatic carbocycles. The number of carbonyl (C=O) groups is 1. The molecule has 2 aromatic rings. The minimum absolute atomic E-state index is 0.132. The quantitative estimate of drug-likeness (QED) is 0.846. The molecule has 1 amide bonds. The number of benzene rings is 1. The molecular formula is C17H19ClN4O. The zero-order valence-corrected chi connectivity index (χ0v) is 13.7. The molecule has 0 aliphatic carbocycles. The van der Waals surface area contributed by atoms with Gasteiger partial charge in [-0.05, 0) is 19.0 Å². The Hall–Kier alpha value is -2.11. The molecule has 120 valence electrons. The van der Waals surface area contributed by atoms with Gasteiger partial charge in [-0.3, -0.25) is 9.48 Å². The van der Waals surface area contributed by atoms with E-state index in [1.165, 1.54) is 5.57 Å². The van der Waals surface area contributed by atoms with E-state index in [4.69, 9.17) is 11.6 Å². The fraction of sp³-hybridized carbons (Fsp3) is 0.294. The van der Waals surface area contributed by atoms with Gasteiger partial charge in [-0.2, -0.15) is 5.10 Å². The number of halogens is 1. The average Bonchev–Trinajstić information content (AvgIpc) is 2.96. The smallest absolute Gasteiger partial charge is 0.255 e. The first-order valence-electron chi connectivity index (χ1n) is 7.60. The summed E-state index contributed by atoms with van der Waals surface area (Å²) < 4.78 is 1.64. The molecule has 3 rings (SSSR count). The molecule has 2 N–H and O–H groups in total. The second kappa shape index (κ2) is 6.98. The lowest BCUT2D eigenvalue weighted by molar-refractivity contribution is 0.0957. The van der Waals surface area contributed by atoms with Crippen LogP contribution in [0.3, 0.4) is 0 Å². The molecule has 5 nitrogen and oxygen atoms in total. The van der Waals surface area contributed by atoms with Crippen molar-refractivity contribution in [3.63, 3.8) is 0 Å². The van der Waals surface area contributed by atoms with Crippen LogP contribution in [0.15, 0.2) is 42.1 Å². The molecule has 23 heavy (non-hydrogen) atoms. The number of hydrogen-bond acceptors (Lipinski definition) is 3. The van der Waals surface area contributed by atoms with E-state index >= 15 is 0 Å². The molecule has 0 unspecified atom stereocenters. The maximum absolute atomic E-state index is 12.6. The van der Waals surface area contributed by atoms with Crippen LogP contribution < -0.4 is 10.6 Å². The Labute approximate surface area is 140 Å². The Kier molecular flexibility index (Phi) is 4.79. The molecular weight excluding hydrogens is 312 g/mol. The predicted molar refractivity (Wildman–Crippen MR) is 91.6 cm³/mol. The topological polar surface area (TPSA) is 59.0 Å². The van der Waals surface area contributed by atoms with Crippen molar-refractivity contribution in [1.82, 2.24) is 20.4 Å². The van der Waals surface area contributed by atoms with E-state index < -0.39 is 0 Å². The summed E-state index contributed by atoms with van der Waals surface area (Å²) in [6.45, 7) is 2.39. The number of nitrogens with zero attached hydrogens (tertiary/aromatic N) is 2. The lowest BCUT2D eigenvalue weighted by Gasteiger charge is -2.14. The first-order chi connectivity index (χ1) is 11.1. The summed E-state index contributed by atoms with van der Waals surface area (Å²) >= 11 is 6.25. The molecule has 0 bridgehead atoms. The second-order valence-corrected chi connectivity index (χ2v) is 5.95. The molecule has 1 aromatic heterocycles. The number of amides is 1. The number of aryl methyl sites for hydroxylation is 1. The monoisotopic (exact) mass is 330 g/mol. The zero-order chi connectivity index (χ0) is 16.2. The van der Waals surface area contributed by atoms with Gasteiger partial charge in [0, 0.05) is 31.9 Å². The number of carbonyl (C=O) groups excluding carboxylic acids is 1. The molecule has 1 aliphatic heterocycles. The molecule has 2 heterocycles. The number of nitrogens with one attached hydrogen (secondary N) is 2. The summed E-state index contributed by atoms with van der Waals surface area (Å²) in [5.74, 6) is -0.132. The van der Waals surface area contributed by atoms with Gasteiger partial charge in [0.25, 0.3) is 5.91 Å². The van der Waals surface area contributed by atoms with Crippen molar-refractivity contribution in [3.8, 4) is 11.3 Å². The van der Waals surface area contributed by atoms with Gasteiger partial charge in [0.15, 0.2) is 0 Å². The summed E-state index contributed by atoms with van der Waals surface area (Å²) in [6.07, 6.45) is 4.82. The van der Waals surface area contributed by atoms with Gasteiger partial charge < -0.3 is 10.6 Å². The summed E-state index contributed by atoms with van der Waals surface area (Å²) in [7, 11) is 1.80. The molecule has 0 saturated carbocycles. The van der Waals surface area contributed by atoms with Crippen molar-refractivity contribution in [2.75, 3.05) is 19.6 Å². The maximum Gasteiger partial charge on any atom is 0.255 e. The molecule has 0 saturated heterocycles. The van der Waals surface area contributed by atoms with E-state index in [0.717, 1.165) is 25.1 Å². The van der Waals surface area contributed by atoms with Crippen LogP contribution in [0, 0.1) is 0 Å². The van der Waals surface area contributed by atoms with Crippen molar-refractivity contribution in [2.45, 2.75) is 6.42 Å².